The second-order valence-corrected chi connectivity index (χ2v) is 5.35. The quantitative estimate of drug-likeness (QED) is 0.424. The van der Waals surface area contributed by atoms with Crippen LogP contribution in [0.4, 0.5) is 23.2 Å². The molecule has 0 saturated heterocycles. The van der Waals surface area contributed by atoms with E-state index in [2.05, 4.69) is 14.7 Å². The molecule has 0 aliphatic heterocycles. The molecular formula is C17H11F4N3O2. The third-order valence-corrected chi connectivity index (χ3v) is 3.64. The number of methoxy groups -OCH3 is 1. The number of carbonyl (C=O) groups excluding carboxylic acids is 1. The smallest absolute Gasteiger partial charge is 0.434 e. The van der Waals surface area contributed by atoms with Crippen LogP contribution < -0.4 is 5.73 Å². The summed E-state index contributed by atoms with van der Waals surface area (Å²) < 4.78 is 57.9. The fourth-order valence-electron chi connectivity index (χ4n) is 2.44. The van der Waals surface area contributed by atoms with E-state index in [0.29, 0.717) is 0 Å². The summed E-state index contributed by atoms with van der Waals surface area (Å²) in [5.74, 6) is -1.76. The van der Waals surface area contributed by atoms with Gasteiger partial charge in [-0.25, -0.2) is 19.2 Å². The maximum absolute atomic E-state index is 13.4. The molecule has 134 valence electrons. The van der Waals surface area contributed by atoms with Gasteiger partial charge in [0.25, 0.3) is 0 Å². The van der Waals surface area contributed by atoms with Crippen LogP contribution in [-0.4, -0.2) is 23.0 Å². The number of nitrogen functional groups attached to an aromatic ring is 1. The summed E-state index contributed by atoms with van der Waals surface area (Å²) in [4.78, 5) is 19.1. The lowest BCUT2D eigenvalue weighted by molar-refractivity contribution is -0.139. The molecule has 0 aliphatic carbocycles. The molecule has 9 heteroatoms. The fourth-order valence-corrected chi connectivity index (χ4v) is 2.44. The summed E-state index contributed by atoms with van der Waals surface area (Å²) in [6, 6.07) is 6.81. The van der Waals surface area contributed by atoms with E-state index >= 15 is 0 Å². The van der Waals surface area contributed by atoms with Crippen LogP contribution in [0.3, 0.4) is 0 Å². The number of aromatic nitrogens is 2. The normalized spacial score (nSPS) is 11.6. The average Bonchev–Trinajstić information content (AvgIpc) is 2.59. The van der Waals surface area contributed by atoms with Crippen LogP contribution in [0.2, 0.25) is 0 Å². The van der Waals surface area contributed by atoms with Crippen LogP contribution in [0.1, 0.15) is 16.1 Å². The van der Waals surface area contributed by atoms with Crippen molar-refractivity contribution in [2.24, 2.45) is 0 Å². The van der Waals surface area contributed by atoms with E-state index < -0.39 is 29.0 Å². The van der Waals surface area contributed by atoms with E-state index in [1.165, 1.54) is 25.3 Å². The highest BCUT2D eigenvalue weighted by molar-refractivity contribution is 5.96. The Morgan fingerprint density at radius 1 is 1.12 bits per heavy atom. The van der Waals surface area contributed by atoms with E-state index in [0.717, 1.165) is 18.2 Å². The van der Waals surface area contributed by atoms with Gasteiger partial charge in [-0.05, 0) is 30.3 Å². The van der Waals surface area contributed by atoms with Crippen LogP contribution in [0.5, 0.6) is 0 Å². The summed E-state index contributed by atoms with van der Waals surface area (Å²) in [6.07, 6.45) is -4.80. The van der Waals surface area contributed by atoms with Crippen molar-refractivity contribution in [2.45, 2.75) is 6.18 Å². The molecule has 2 aromatic carbocycles. The van der Waals surface area contributed by atoms with E-state index in [1.807, 2.05) is 0 Å². The van der Waals surface area contributed by atoms with Crippen LogP contribution in [-0.2, 0) is 10.9 Å². The van der Waals surface area contributed by atoms with Crippen LogP contribution in [0.25, 0.3) is 22.3 Å². The number of carbonyl (C=O) groups is 1. The Hall–Kier alpha value is -3.23. The first-order chi connectivity index (χ1) is 12.2. The molecule has 0 spiro atoms. The molecule has 2 N–H and O–H groups in total. The van der Waals surface area contributed by atoms with Gasteiger partial charge in [0.05, 0.1) is 18.2 Å². The SMILES string of the molecule is COC(=O)c1ccc(-c2nc(C(F)(F)F)c3cc(F)ccc3n2)cc1N. The van der Waals surface area contributed by atoms with Gasteiger partial charge in [-0.1, -0.05) is 6.07 Å². The number of nitrogens with two attached hydrogens (primary N) is 1. The topological polar surface area (TPSA) is 78.1 Å². The summed E-state index contributed by atoms with van der Waals surface area (Å²) in [5.41, 5.74) is 4.68. The molecule has 1 aromatic heterocycles. The maximum atomic E-state index is 13.4. The molecule has 3 rings (SSSR count). The number of nitrogens with zero attached hydrogens (tertiary/aromatic N) is 2. The second-order valence-electron chi connectivity index (χ2n) is 5.35. The minimum absolute atomic E-state index is 0.00529. The first-order valence-electron chi connectivity index (χ1n) is 7.23. The van der Waals surface area contributed by atoms with E-state index in [1.54, 1.807) is 0 Å². The third-order valence-electron chi connectivity index (χ3n) is 3.64. The molecule has 0 radical (unpaired) electrons. The Balaban J connectivity index is 2.21. The van der Waals surface area contributed by atoms with Gasteiger partial charge in [-0.15, -0.1) is 0 Å². The molecule has 0 unspecified atom stereocenters. The average molecular weight is 365 g/mol. The van der Waals surface area contributed by atoms with Crippen LogP contribution in [0, 0.1) is 5.82 Å². The van der Waals surface area contributed by atoms with Crippen molar-refractivity contribution in [2.75, 3.05) is 12.8 Å². The van der Waals surface area contributed by atoms with Gasteiger partial charge in [-0.3, -0.25) is 0 Å². The van der Waals surface area contributed by atoms with Crippen molar-refractivity contribution in [1.82, 2.24) is 9.97 Å². The number of hydrogen-bond acceptors (Lipinski definition) is 5. The Morgan fingerprint density at radius 2 is 1.85 bits per heavy atom. The number of halogens is 4. The number of alkyl halides is 3. The highest BCUT2D eigenvalue weighted by Crippen LogP contribution is 2.35. The number of hydrogen-bond donors (Lipinski definition) is 1. The molecule has 0 bridgehead atoms. The highest BCUT2D eigenvalue weighted by atomic mass is 19.4. The Morgan fingerprint density at radius 3 is 2.46 bits per heavy atom. The predicted molar refractivity (Wildman–Crippen MR) is 85.7 cm³/mol. The number of fused-ring (bicyclic) bond motifs is 1. The molecule has 0 atom stereocenters. The van der Waals surface area contributed by atoms with Crippen LogP contribution >= 0.6 is 0 Å². The molecule has 0 aliphatic rings. The Kier molecular flexibility index (Phi) is 4.23. The van der Waals surface area contributed by atoms with Gasteiger partial charge in [-0.2, -0.15) is 13.2 Å². The monoisotopic (exact) mass is 365 g/mol. The summed E-state index contributed by atoms with van der Waals surface area (Å²) >= 11 is 0. The van der Waals surface area contributed by atoms with Crippen molar-refractivity contribution >= 4 is 22.6 Å². The summed E-state index contributed by atoms with van der Waals surface area (Å²) in [7, 11) is 1.18. The van der Waals surface area contributed by atoms with Crippen molar-refractivity contribution in [3.63, 3.8) is 0 Å². The van der Waals surface area contributed by atoms with Gasteiger partial charge in [0.2, 0.25) is 0 Å². The fraction of sp³-hybridized carbons (Fsp3) is 0.118. The molecule has 0 fully saturated rings. The minimum Gasteiger partial charge on any atom is -0.465 e. The zero-order chi connectivity index (χ0) is 19.1. The lowest BCUT2D eigenvalue weighted by Crippen LogP contribution is -2.11. The Labute approximate surface area is 144 Å². The van der Waals surface area contributed by atoms with Crippen molar-refractivity contribution < 1.29 is 27.1 Å². The summed E-state index contributed by atoms with van der Waals surface area (Å²) in [5, 5.41) is -0.444. The van der Waals surface area contributed by atoms with E-state index in [4.69, 9.17) is 5.73 Å². The standard InChI is InChI=1S/C17H11F4N3O2/c1-26-16(25)10-4-2-8(6-12(10)22)15-23-13-5-3-9(18)7-11(13)14(24-15)17(19,20)21/h2-7H,22H2,1H3. The van der Waals surface area contributed by atoms with E-state index in [-0.39, 0.29) is 28.2 Å². The first-order valence-corrected chi connectivity index (χ1v) is 7.23. The van der Waals surface area contributed by atoms with Crippen LogP contribution in [0.15, 0.2) is 36.4 Å². The largest absolute Gasteiger partial charge is 0.465 e. The number of benzene rings is 2. The lowest BCUT2D eigenvalue weighted by atomic mass is 10.1. The van der Waals surface area contributed by atoms with Gasteiger partial charge >= 0.3 is 12.1 Å². The first kappa shape index (κ1) is 17.6. The molecular weight excluding hydrogens is 354 g/mol. The molecule has 1 heterocycles. The molecule has 5 nitrogen and oxygen atoms in total. The van der Waals surface area contributed by atoms with Crippen molar-refractivity contribution in [3.8, 4) is 11.4 Å². The molecule has 26 heavy (non-hydrogen) atoms. The second kappa shape index (κ2) is 6.25. The molecule has 0 amide bonds. The van der Waals surface area contributed by atoms with Gasteiger partial charge in [0.1, 0.15) is 5.82 Å². The number of esters is 1. The highest BCUT2D eigenvalue weighted by Gasteiger charge is 2.35. The number of anilines is 1. The predicted octanol–water partition coefficient (Wildman–Crippen LogP) is 3.82. The maximum Gasteiger partial charge on any atom is 0.434 e. The zero-order valence-electron chi connectivity index (χ0n) is 13.3. The number of rotatable bonds is 2. The minimum atomic E-state index is -4.80. The van der Waals surface area contributed by atoms with E-state index in [9.17, 15) is 22.4 Å². The van der Waals surface area contributed by atoms with Gasteiger partial charge < -0.3 is 10.5 Å². The van der Waals surface area contributed by atoms with Gasteiger partial charge in [0, 0.05) is 16.6 Å². The zero-order valence-corrected chi connectivity index (χ0v) is 13.3. The van der Waals surface area contributed by atoms with Gasteiger partial charge in [0.15, 0.2) is 11.5 Å². The molecule has 3 aromatic rings. The Bertz CT molecular complexity index is 1020. The van der Waals surface area contributed by atoms with Crippen molar-refractivity contribution in [3.05, 3.63) is 53.5 Å². The number of ether oxygens (including phenoxy) is 1. The summed E-state index contributed by atoms with van der Waals surface area (Å²) in [6.45, 7) is 0. The molecule has 0 saturated carbocycles. The lowest BCUT2D eigenvalue weighted by Gasteiger charge is -2.12. The third kappa shape index (κ3) is 3.15. The van der Waals surface area contributed by atoms with Crippen molar-refractivity contribution in [1.29, 1.82) is 0 Å².